The maximum absolute atomic E-state index is 5.69. The van der Waals surface area contributed by atoms with Crippen molar-refractivity contribution in [2.45, 2.75) is 32.9 Å². The Kier molecular flexibility index (Phi) is 3.85. The molecule has 0 unspecified atom stereocenters. The van der Waals surface area contributed by atoms with Gasteiger partial charge in [-0.2, -0.15) is 0 Å². The van der Waals surface area contributed by atoms with Crippen LogP contribution in [0.1, 0.15) is 29.6 Å². The Bertz CT molecular complexity index is 711. The minimum absolute atomic E-state index is 0.591. The highest BCUT2D eigenvalue weighted by molar-refractivity contribution is 7.09. The summed E-state index contributed by atoms with van der Waals surface area (Å²) in [6.07, 6.45) is 4.36. The first kappa shape index (κ1) is 13.3. The second-order valence-corrected chi connectivity index (χ2v) is 5.97. The predicted octanol–water partition coefficient (Wildman–Crippen LogP) is 3.56. The zero-order valence-electron chi connectivity index (χ0n) is 11.7. The Morgan fingerprint density at radius 1 is 1.30 bits per heavy atom. The molecule has 0 bridgehead atoms. The smallest absolute Gasteiger partial charge is 0.0928 e. The van der Waals surface area contributed by atoms with Crippen molar-refractivity contribution in [3.63, 3.8) is 0 Å². The lowest BCUT2D eigenvalue weighted by Crippen LogP contribution is -1.99. The van der Waals surface area contributed by atoms with Gasteiger partial charge in [-0.1, -0.05) is 13.0 Å². The molecule has 20 heavy (non-hydrogen) atoms. The monoisotopic (exact) mass is 285 g/mol. The van der Waals surface area contributed by atoms with Gasteiger partial charge in [0.15, 0.2) is 0 Å². The van der Waals surface area contributed by atoms with Crippen LogP contribution in [0, 0.1) is 0 Å². The molecule has 0 saturated heterocycles. The summed E-state index contributed by atoms with van der Waals surface area (Å²) in [5.41, 5.74) is 9.26. The number of benzene rings is 1. The molecule has 0 amide bonds. The van der Waals surface area contributed by atoms with Crippen LogP contribution in [0.5, 0.6) is 0 Å². The molecule has 3 nitrogen and oxygen atoms in total. The highest BCUT2D eigenvalue weighted by Crippen LogP contribution is 2.20. The van der Waals surface area contributed by atoms with Gasteiger partial charge in [0.1, 0.15) is 0 Å². The summed E-state index contributed by atoms with van der Waals surface area (Å²) in [5, 5.41) is 4.66. The molecule has 2 heterocycles. The van der Waals surface area contributed by atoms with E-state index in [1.54, 1.807) is 11.3 Å². The molecule has 0 fully saturated rings. The summed E-state index contributed by atoms with van der Waals surface area (Å²) in [7, 11) is 0. The summed E-state index contributed by atoms with van der Waals surface area (Å²) in [6.45, 7) is 3.62. The second-order valence-electron chi connectivity index (χ2n) is 5.02. The zero-order valence-corrected chi connectivity index (χ0v) is 12.5. The van der Waals surface area contributed by atoms with Crippen molar-refractivity contribution >= 4 is 22.2 Å². The third-order valence-electron chi connectivity index (χ3n) is 3.47. The van der Waals surface area contributed by atoms with Crippen LogP contribution in [-0.4, -0.2) is 9.55 Å². The van der Waals surface area contributed by atoms with Crippen LogP contribution in [0.25, 0.3) is 10.9 Å². The first-order chi connectivity index (χ1) is 9.80. The predicted molar refractivity (Wildman–Crippen MR) is 85.0 cm³/mol. The lowest BCUT2D eigenvalue weighted by atomic mass is 10.1. The van der Waals surface area contributed by atoms with E-state index in [4.69, 9.17) is 10.7 Å². The molecule has 0 aliphatic carbocycles. The quantitative estimate of drug-likeness (QED) is 0.779. The molecule has 0 radical (unpaired) electrons. The van der Waals surface area contributed by atoms with Crippen molar-refractivity contribution in [3.8, 4) is 0 Å². The van der Waals surface area contributed by atoms with Gasteiger partial charge in [0.05, 0.1) is 17.2 Å². The summed E-state index contributed by atoms with van der Waals surface area (Å²) in [6, 6.07) is 8.56. The van der Waals surface area contributed by atoms with E-state index in [0.29, 0.717) is 6.54 Å². The highest BCUT2D eigenvalue weighted by Gasteiger charge is 2.05. The van der Waals surface area contributed by atoms with Gasteiger partial charge in [-0.3, -0.25) is 0 Å². The molecular formula is C16H19N3S. The maximum Gasteiger partial charge on any atom is 0.0928 e. The van der Waals surface area contributed by atoms with E-state index in [1.165, 1.54) is 21.5 Å². The number of aryl methyl sites for hydroxylation is 1. The van der Waals surface area contributed by atoms with E-state index in [2.05, 4.69) is 47.3 Å². The summed E-state index contributed by atoms with van der Waals surface area (Å²) < 4.78 is 2.25. The van der Waals surface area contributed by atoms with Gasteiger partial charge in [-0.25, -0.2) is 4.98 Å². The topological polar surface area (TPSA) is 43.8 Å². The molecule has 0 atom stereocenters. The Balaban J connectivity index is 1.86. The average molecular weight is 285 g/mol. The van der Waals surface area contributed by atoms with Crippen LogP contribution in [0.2, 0.25) is 0 Å². The fraction of sp³-hybridized carbons (Fsp3) is 0.312. The van der Waals surface area contributed by atoms with E-state index >= 15 is 0 Å². The minimum atomic E-state index is 0.591. The van der Waals surface area contributed by atoms with Crippen LogP contribution in [0.3, 0.4) is 0 Å². The van der Waals surface area contributed by atoms with Crippen LogP contribution in [0.4, 0.5) is 0 Å². The van der Waals surface area contributed by atoms with Gasteiger partial charge >= 0.3 is 0 Å². The minimum Gasteiger partial charge on any atom is -0.341 e. The van der Waals surface area contributed by atoms with Crippen molar-refractivity contribution in [1.82, 2.24) is 9.55 Å². The SMILES string of the molecule is CCCc1nc(Cn2ccc3cc(CN)ccc32)cs1. The molecule has 4 heteroatoms. The van der Waals surface area contributed by atoms with Crippen molar-refractivity contribution in [3.05, 3.63) is 52.1 Å². The zero-order chi connectivity index (χ0) is 13.9. The lowest BCUT2D eigenvalue weighted by molar-refractivity contribution is 0.801. The molecular weight excluding hydrogens is 266 g/mol. The summed E-state index contributed by atoms with van der Waals surface area (Å²) >= 11 is 1.77. The molecule has 0 spiro atoms. The summed E-state index contributed by atoms with van der Waals surface area (Å²) in [5.74, 6) is 0. The molecule has 104 valence electrons. The standard InChI is InChI=1S/C16H19N3S/c1-2-3-16-18-14(11-20-16)10-19-7-6-13-8-12(9-17)4-5-15(13)19/h4-8,11H,2-3,9-10,17H2,1H3. The number of hydrogen-bond donors (Lipinski definition) is 1. The van der Waals surface area contributed by atoms with E-state index in [1.807, 2.05) is 0 Å². The molecule has 0 aliphatic heterocycles. The van der Waals surface area contributed by atoms with Crippen LogP contribution in [-0.2, 0) is 19.5 Å². The van der Waals surface area contributed by atoms with E-state index in [0.717, 1.165) is 25.1 Å². The van der Waals surface area contributed by atoms with Crippen LogP contribution in [0.15, 0.2) is 35.8 Å². The Hall–Kier alpha value is -1.65. The molecule has 0 aliphatic rings. The van der Waals surface area contributed by atoms with Gasteiger partial charge in [0.25, 0.3) is 0 Å². The van der Waals surface area contributed by atoms with Gasteiger partial charge in [0, 0.05) is 23.6 Å². The Labute approximate surface area is 123 Å². The number of thiazole rings is 1. The average Bonchev–Trinajstić information content (AvgIpc) is 3.07. The largest absolute Gasteiger partial charge is 0.341 e. The maximum atomic E-state index is 5.69. The van der Waals surface area contributed by atoms with Gasteiger partial charge in [-0.05, 0) is 42.0 Å². The molecule has 3 aromatic rings. The summed E-state index contributed by atoms with van der Waals surface area (Å²) in [4.78, 5) is 4.69. The number of aromatic nitrogens is 2. The van der Waals surface area contributed by atoms with Crippen molar-refractivity contribution in [2.24, 2.45) is 5.73 Å². The number of nitrogens with two attached hydrogens (primary N) is 1. The normalized spacial score (nSPS) is 11.3. The first-order valence-electron chi connectivity index (χ1n) is 7.01. The molecule has 3 rings (SSSR count). The van der Waals surface area contributed by atoms with Crippen molar-refractivity contribution < 1.29 is 0 Å². The van der Waals surface area contributed by atoms with Crippen LogP contribution < -0.4 is 5.73 Å². The van der Waals surface area contributed by atoms with E-state index < -0.39 is 0 Å². The van der Waals surface area contributed by atoms with Gasteiger partial charge in [-0.15, -0.1) is 11.3 Å². The second kappa shape index (κ2) is 5.77. The number of hydrogen-bond acceptors (Lipinski definition) is 3. The fourth-order valence-electron chi connectivity index (χ4n) is 2.44. The van der Waals surface area contributed by atoms with Gasteiger partial charge in [0.2, 0.25) is 0 Å². The van der Waals surface area contributed by atoms with Crippen LogP contribution >= 0.6 is 11.3 Å². The molecule has 2 N–H and O–H groups in total. The van der Waals surface area contributed by atoms with Crippen molar-refractivity contribution in [2.75, 3.05) is 0 Å². The number of rotatable bonds is 5. The third kappa shape index (κ3) is 2.62. The highest BCUT2D eigenvalue weighted by atomic mass is 32.1. The van der Waals surface area contributed by atoms with Crippen molar-refractivity contribution in [1.29, 1.82) is 0 Å². The Morgan fingerprint density at radius 2 is 2.20 bits per heavy atom. The van der Waals surface area contributed by atoms with Gasteiger partial charge < -0.3 is 10.3 Å². The third-order valence-corrected chi connectivity index (χ3v) is 4.42. The van der Waals surface area contributed by atoms with E-state index in [-0.39, 0.29) is 0 Å². The first-order valence-corrected chi connectivity index (χ1v) is 7.89. The van der Waals surface area contributed by atoms with E-state index in [9.17, 15) is 0 Å². The lowest BCUT2D eigenvalue weighted by Gasteiger charge is -2.04. The molecule has 0 saturated carbocycles. The molecule has 2 aromatic heterocycles. The molecule has 1 aromatic carbocycles. The number of fused-ring (bicyclic) bond motifs is 1. The fourth-order valence-corrected chi connectivity index (χ4v) is 3.33. The Morgan fingerprint density at radius 3 is 3.00 bits per heavy atom. The number of nitrogens with zero attached hydrogens (tertiary/aromatic N) is 2.